The van der Waals surface area contributed by atoms with Gasteiger partial charge in [-0.05, 0) is 55.9 Å². The minimum Gasteiger partial charge on any atom is -0.462 e. The second kappa shape index (κ2) is 9.09. The fourth-order valence-electron chi connectivity index (χ4n) is 5.15. The lowest BCUT2D eigenvalue weighted by Gasteiger charge is -2.37. The lowest BCUT2D eigenvalue weighted by molar-refractivity contribution is -0.151. The Morgan fingerprint density at radius 2 is 1.85 bits per heavy atom. The largest absolute Gasteiger partial charge is 0.462 e. The molecule has 0 spiro atoms. The molecule has 6 heteroatoms. The Morgan fingerprint density at radius 1 is 1.09 bits per heavy atom. The molecule has 4 atom stereocenters. The van der Waals surface area contributed by atoms with Crippen molar-refractivity contribution in [2.45, 2.75) is 58.0 Å². The zero-order chi connectivity index (χ0) is 23.8. The highest BCUT2D eigenvalue weighted by molar-refractivity contribution is 6.09. The molecule has 0 radical (unpaired) electrons. The monoisotopic (exact) mass is 459 g/mol. The first kappa shape index (κ1) is 22.4. The van der Waals surface area contributed by atoms with Crippen LogP contribution in [-0.4, -0.2) is 30.4 Å². The van der Waals surface area contributed by atoms with Crippen molar-refractivity contribution in [1.82, 2.24) is 0 Å². The van der Waals surface area contributed by atoms with Crippen molar-refractivity contribution in [3.63, 3.8) is 0 Å². The average molecular weight is 460 g/mol. The van der Waals surface area contributed by atoms with Crippen LogP contribution < -0.4 is 9.47 Å². The summed E-state index contributed by atoms with van der Waals surface area (Å²) >= 11 is 0. The summed E-state index contributed by atoms with van der Waals surface area (Å²) in [5, 5.41) is 0. The lowest BCUT2D eigenvalue weighted by Crippen LogP contribution is -2.39. The number of ether oxygens (including phenoxy) is 3. The number of carbonyl (C=O) groups is 2. The van der Waals surface area contributed by atoms with Gasteiger partial charge in [-0.2, -0.15) is 0 Å². The summed E-state index contributed by atoms with van der Waals surface area (Å²) in [7, 11) is 0. The zero-order valence-electron chi connectivity index (χ0n) is 19.7. The Balaban J connectivity index is 1.58. The van der Waals surface area contributed by atoms with Crippen LogP contribution in [0.3, 0.4) is 0 Å². The van der Waals surface area contributed by atoms with E-state index in [1.54, 1.807) is 0 Å². The summed E-state index contributed by atoms with van der Waals surface area (Å²) < 4.78 is 16.8. The molecule has 34 heavy (non-hydrogen) atoms. The van der Waals surface area contributed by atoms with Crippen LogP contribution in [0.2, 0.25) is 0 Å². The molecule has 0 N–H and O–H groups in total. The van der Waals surface area contributed by atoms with E-state index in [4.69, 9.17) is 19.2 Å². The number of rotatable bonds is 5. The van der Waals surface area contributed by atoms with Crippen molar-refractivity contribution in [3.05, 3.63) is 70.9 Å². The van der Waals surface area contributed by atoms with Gasteiger partial charge in [-0.15, -0.1) is 0 Å². The van der Waals surface area contributed by atoms with Crippen LogP contribution >= 0.6 is 0 Å². The van der Waals surface area contributed by atoms with Crippen LogP contribution in [0.1, 0.15) is 63.0 Å². The van der Waals surface area contributed by atoms with Gasteiger partial charge >= 0.3 is 5.97 Å². The normalized spacial score (nSPS) is 24.4. The second-order valence-corrected chi connectivity index (χ2v) is 9.28. The highest BCUT2D eigenvalue weighted by Gasteiger charge is 2.45. The van der Waals surface area contributed by atoms with Crippen molar-refractivity contribution in [3.8, 4) is 11.5 Å². The van der Waals surface area contributed by atoms with Crippen molar-refractivity contribution < 1.29 is 23.8 Å². The highest BCUT2D eigenvalue weighted by Crippen LogP contribution is 2.48. The fourth-order valence-corrected chi connectivity index (χ4v) is 5.15. The number of aliphatic imine (C=N–C) groups is 1. The van der Waals surface area contributed by atoms with E-state index in [9.17, 15) is 9.59 Å². The minimum absolute atomic E-state index is 0.0374. The van der Waals surface area contributed by atoms with Crippen molar-refractivity contribution in [1.29, 1.82) is 0 Å². The number of Topliss-reactive ketones (excluding diaryl/α,β-unsaturated/α-hetero) is 1. The van der Waals surface area contributed by atoms with E-state index in [-0.39, 0.29) is 30.6 Å². The molecule has 0 aromatic heterocycles. The van der Waals surface area contributed by atoms with Gasteiger partial charge in [0, 0.05) is 29.3 Å². The Labute approximate surface area is 199 Å². The van der Waals surface area contributed by atoms with Crippen molar-refractivity contribution in [2.75, 3.05) is 6.79 Å². The Morgan fingerprint density at radius 3 is 2.62 bits per heavy atom. The smallest absolute Gasteiger partial charge is 0.315 e. The average Bonchev–Trinajstić information content (AvgIpc) is 3.31. The maximum atomic E-state index is 13.6. The SMILES string of the molecule is CC[C@@H](C)OC(=O)C1C(C)=NC2=C(C(=O)C[C@H](c3ccccc3)C2)[C@@H]1c1ccc2c(c1)OCO2. The first-order valence-corrected chi connectivity index (χ1v) is 11.9. The third-order valence-electron chi connectivity index (χ3n) is 7.06. The minimum atomic E-state index is -0.662. The topological polar surface area (TPSA) is 74.2 Å². The molecule has 2 aliphatic heterocycles. The summed E-state index contributed by atoms with van der Waals surface area (Å²) in [6.45, 7) is 5.88. The van der Waals surface area contributed by atoms with E-state index in [2.05, 4.69) is 12.1 Å². The van der Waals surface area contributed by atoms with Gasteiger partial charge in [0.2, 0.25) is 6.79 Å². The summed E-state index contributed by atoms with van der Waals surface area (Å²) in [6.07, 6.45) is 1.56. The molecule has 176 valence electrons. The van der Waals surface area contributed by atoms with Crippen LogP contribution in [0.15, 0.2) is 64.8 Å². The molecule has 1 aliphatic carbocycles. The number of fused-ring (bicyclic) bond motifs is 1. The predicted molar refractivity (Wildman–Crippen MR) is 128 cm³/mol. The maximum Gasteiger partial charge on any atom is 0.315 e. The molecule has 2 aromatic carbocycles. The van der Waals surface area contributed by atoms with E-state index in [0.29, 0.717) is 35.6 Å². The molecule has 0 amide bonds. The molecular formula is C28H29NO5. The predicted octanol–water partition coefficient (Wildman–Crippen LogP) is 5.33. The third kappa shape index (κ3) is 4.02. The molecule has 2 heterocycles. The number of ketones is 1. The molecule has 5 rings (SSSR count). The van der Waals surface area contributed by atoms with Crippen LogP contribution in [0.5, 0.6) is 11.5 Å². The third-order valence-corrected chi connectivity index (χ3v) is 7.06. The van der Waals surface area contributed by atoms with Gasteiger partial charge in [-0.25, -0.2) is 0 Å². The van der Waals surface area contributed by atoms with E-state index in [1.807, 2.05) is 57.2 Å². The zero-order valence-corrected chi connectivity index (χ0v) is 19.7. The first-order valence-electron chi connectivity index (χ1n) is 11.9. The van der Waals surface area contributed by atoms with Crippen molar-refractivity contribution >= 4 is 17.5 Å². The summed E-state index contributed by atoms with van der Waals surface area (Å²) in [4.78, 5) is 31.9. The molecule has 3 aliphatic rings. The maximum absolute atomic E-state index is 13.6. The fraction of sp³-hybridized carbons (Fsp3) is 0.393. The number of hydrogen-bond acceptors (Lipinski definition) is 6. The van der Waals surface area contributed by atoms with Gasteiger partial charge in [-0.3, -0.25) is 14.6 Å². The number of allylic oxidation sites excluding steroid dienone is 2. The molecule has 1 unspecified atom stereocenters. The number of hydrogen-bond donors (Lipinski definition) is 0. The molecule has 0 saturated heterocycles. The molecule has 0 saturated carbocycles. The highest BCUT2D eigenvalue weighted by atomic mass is 16.7. The Hall–Kier alpha value is -3.41. The standard InChI is InChI=1S/C28H29NO5/c1-4-16(2)34-28(31)25-17(3)29-21-12-20(18-8-6-5-7-9-18)13-22(30)27(21)26(25)19-10-11-23-24(14-19)33-15-32-23/h5-11,14,16,20,25-26H,4,12-13,15H2,1-3H3/t16-,20-,25?,26-/m1/s1. The van der Waals surface area contributed by atoms with Gasteiger partial charge in [0.15, 0.2) is 17.3 Å². The van der Waals surface area contributed by atoms with Gasteiger partial charge < -0.3 is 14.2 Å². The number of carbonyl (C=O) groups excluding carboxylic acids is 2. The Bertz CT molecular complexity index is 1180. The Kier molecular flexibility index (Phi) is 5.98. The molecule has 6 nitrogen and oxygen atoms in total. The van der Waals surface area contributed by atoms with Crippen LogP contribution in [0.25, 0.3) is 0 Å². The first-order chi connectivity index (χ1) is 16.5. The van der Waals surface area contributed by atoms with E-state index in [1.165, 1.54) is 0 Å². The second-order valence-electron chi connectivity index (χ2n) is 9.28. The number of esters is 1. The van der Waals surface area contributed by atoms with E-state index < -0.39 is 11.8 Å². The summed E-state index contributed by atoms with van der Waals surface area (Å²) in [5.41, 5.74) is 4.05. The summed E-state index contributed by atoms with van der Waals surface area (Å²) in [5.74, 6) is -0.0763. The lowest BCUT2D eigenvalue weighted by atomic mass is 9.69. The number of benzene rings is 2. The number of nitrogens with zero attached hydrogens (tertiary/aromatic N) is 1. The quantitative estimate of drug-likeness (QED) is 0.565. The van der Waals surface area contributed by atoms with Crippen LogP contribution in [0, 0.1) is 5.92 Å². The van der Waals surface area contributed by atoms with E-state index >= 15 is 0 Å². The van der Waals surface area contributed by atoms with Crippen LogP contribution in [0.4, 0.5) is 0 Å². The van der Waals surface area contributed by atoms with Gasteiger partial charge in [0.1, 0.15) is 5.92 Å². The molecule has 0 bridgehead atoms. The van der Waals surface area contributed by atoms with E-state index in [0.717, 1.165) is 23.2 Å². The molecular weight excluding hydrogens is 430 g/mol. The molecule has 2 aromatic rings. The van der Waals surface area contributed by atoms with Gasteiger partial charge in [0.05, 0.1) is 6.10 Å². The van der Waals surface area contributed by atoms with Gasteiger partial charge in [-0.1, -0.05) is 43.3 Å². The summed E-state index contributed by atoms with van der Waals surface area (Å²) in [6, 6.07) is 15.7. The van der Waals surface area contributed by atoms with Crippen molar-refractivity contribution in [2.24, 2.45) is 10.9 Å². The van der Waals surface area contributed by atoms with Gasteiger partial charge in [0.25, 0.3) is 0 Å². The molecule has 0 fully saturated rings. The van der Waals surface area contributed by atoms with Crippen LogP contribution in [-0.2, 0) is 14.3 Å².